The van der Waals surface area contributed by atoms with Gasteiger partial charge in [-0.05, 0) is 43.4 Å². The molecule has 10 nitrogen and oxygen atoms in total. The van der Waals surface area contributed by atoms with Gasteiger partial charge in [0.2, 0.25) is 11.8 Å². The van der Waals surface area contributed by atoms with Gasteiger partial charge in [-0.1, -0.05) is 0 Å². The normalized spacial score (nSPS) is 22.5. The van der Waals surface area contributed by atoms with Crippen LogP contribution in [-0.4, -0.2) is 90.4 Å². The highest BCUT2D eigenvalue weighted by Gasteiger charge is 2.32. The van der Waals surface area contributed by atoms with Gasteiger partial charge in [0.1, 0.15) is 0 Å². The van der Waals surface area contributed by atoms with Gasteiger partial charge in [-0.15, -0.1) is 0 Å². The predicted molar refractivity (Wildman–Crippen MR) is 131 cm³/mol. The highest BCUT2D eigenvalue weighted by molar-refractivity contribution is 6.02. The number of piperazine rings is 1. The van der Waals surface area contributed by atoms with Crippen LogP contribution in [0.3, 0.4) is 0 Å². The molecule has 188 valence electrons. The molecular formula is C25H34N6O4. The first-order chi connectivity index (χ1) is 16.9. The number of hydrogen-bond donors (Lipinski definition) is 1. The topological polar surface area (TPSA) is 100 Å². The van der Waals surface area contributed by atoms with Crippen LogP contribution in [0.1, 0.15) is 37.3 Å². The Bertz CT molecular complexity index is 1110. The Balaban J connectivity index is 1.19. The molecule has 0 saturated carbocycles. The fourth-order valence-corrected chi connectivity index (χ4v) is 5.66. The van der Waals surface area contributed by atoms with E-state index in [9.17, 15) is 14.4 Å². The molecule has 1 N–H and O–H groups in total. The quantitative estimate of drug-likeness (QED) is 0.662. The van der Waals surface area contributed by atoms with E-state index in [-0.39, 0.29) is 23.8 Å². The van der Waals surface area contributed by atoms with Crippen molar-refractivity contribution >= 4 is 34.5 Å². The van der Waals surface area contributed by atoms with Crippen molar-refractivity contribution in [3.05, 3.63) is 23.9 Å². The molecule has 0 radical (unpaired) electrons. The number of carbonyl (C=O) groups is 3. The number of benzene rings is 1. The Morgan fingerprint density at radius 2 is 1.83 bits per heavy atom. The number of piperidine rings is 2. The number of anilines is 1. The molecule has 3 aliphatic rings. The molecule has 0 aliphatic carbocycles. The van der Waals surface area contributed by atoms with Crippen molar-refractivity contribution in [3.63, 3.8) is 0 Å². The van der Waals surface area contributed by atoms with Crippen molar-refractivity contribution in [1.29, 1.82) is 0 Å². The fraction of sp³-hybridized carbons (Fsp3) is 0.600. The highest BCUT2D eigenvalue weighted by Crippen LogP contribution is 2.33. The van der Waals surface area contributed by atoms with E-state index < -0.39 is 0 Å². The summed E-state index contributed by atoms with van der Waals surface area (Å²) >= 11 is 0. The minimum Gasteiger partial charge on any atom is -0.453 e. The van der Waals surface area contributed by atoms with Gasteiger partial charge in [0, 0.05) is 70.4 Å². The Kier molecular flexibility index (Phi) is 6.64. The van der Waals surface area contributed by atoms with Crippen molar-refractivity contribution in [3.8, 4) is 0 Å². The predicted octanol–water partition coefficient (Wildman–Crippen LogP) is 1.69. The van der Waals surface area contributed by atoms with Crippen molar-refractivity contribution in [2.45, 2.75) is 31.6 Å². The first-order valence-corrected chi connectivity index (χ1v) is 12.5. The van der Waals surface area contributed by atoms with Gasteiger partial charge in [-0.25, -0.2) is 4.79 Å². The molecule has 4 heterocycles. The Morgan fingerprint density at radius 3 is 2.51 bits per heavy atom. The van der Waals surface area contributed by atoms with E-state index in [1.165, 1.54) is 12.8 Å². The SMILES string of the molecule is COC(=O)N1CCN(CC2CCN(c3ccc4c(C5CCC(=O)NC5=O)nn(C)c4c3)CC2)CC1. The minimum absolute atomic E-state index is 0.208. The minimum atomic E-state index is -0.382. The van der Waals surface area contributed by atoms with Crippen LogP contribution in [0, 0.1) is 5.92 Å². The molecule has 3 fully saturated rings. The van der Waals surface area contributed by atoms with E-state index in [1.807, 2.05) is 11.7 Å². The van der Waals surface area contributed by atoms with Crippen molar-refractivity contribution in [1.82, 2.24) is 24.9 Å². The van der Waals surface area contributed by atoms with Crippen LogP contribution in [0.2, 0.25) is 0 Å². The van der Waals surface area contributed by atoms with Crippen molar-refractivity contribution in [2.24, 2.45) is 13.0 Å². The van der Waals surface area contributed by atoms with E-state index in [0.717, 1.165) is 75.3 Å². The number of aromatic nitrogens is 2. The molecular weight excluding hydrogens is 448 g/mol. The number of nitrogens with one attached hydrogen (secondary N) is 1. The summed E-state index contributed by atoms with van der Waals surface area (Å²) in [6.45, 7) is 6.38. The maximum atomic E-state index is 12.4. The maximum absolute atomic E-state index is 12.4. The van der Waals surface area contributed by atoms with Crippen LogP contribution in [0.5, 0.6) is 0 Å². The van der Waals surface area contributed by atoms with Gasteiger partial charge in [0.15, 0.2) is 0 Å². The Labute approximate surface area is 205 Å². The van der Waals surface area contributed by atoms with E-state index in [4.69, 9.17) is 4.74 Å². The number of imide groups is 1. The number of aryl methyl sites for hydroxylation is 1. The number of amides is 3. The third-order valence-corrected chi connectivity index (χ3v) is 7.73. The lowest BCUT2D eigenvalue weighted by atomic mass is 9.92. The van der Waals surface area contributed by atoms with Crippen LogP contribution in [0.4, 0.5) is 10.5 Å². The zero-order valence-corrected chi connectivity index (χ0v) is 20.5. The van der Waals surface area contributed by atoms with E-state index in [1.54, 1.807) is 4.90 Å². The van der Waals surface area contributed by atoms with E-state index >= 15 is 0 Å². The number of fused-ring (bicyclic) bond motifs is 1. The van der Waals surface area contributed by atoms with Gasteiger partial charge in [-0.3, -0.25) is 24.5 Å². The van der Waals surface area contributed by atoms with Gasteiger partial charge >= 0.3 is 6.09 Å². The summed E-state index contributed by atoms with van der Waals surface area (Å²) in [5, 5.41) is 8.09. The van der Waals surface area contributed by atoms with Crippen molar-refractivity contribution in [2.75, 3.05) is 57.8 Å². The average molecular weight is 483 g/mol. The zero-order valence-electron chi connectivity index (χ0n) is 20.5. The number of carbonyl (C=O) groups excluding carboxylic acids is 3. The first kappa shape index (κ1) is 23.6. The van der Waals surface area contributed by atoms with Crippen LogP contribution in [0.25, 0.3) is 10.9 Å². The van der Waals surface area contributed by atoms with Crippen LogP contribution >= 0.6 is 0 Å². The summed E-state index contributed by atoms with van der Waals surface area (Å²) in [6.07, 6.45) is 2.91. The lowest BCUT2D eigenvalue weighted by Gasteiger charge is -2.39. The Hall–Kier alpha value is -3.14. The third-order valence-electron chi connectivity index (χ3n) is 7.73. The smallest absolute Gasteiger partial charge is 0.409 e. The summed E-state index contributed by atoms with van der Waals surface area (Å²) in [7, 11) is 3.35. The fourth-order valence-electron chi connectivity index (χ4n) is 5.66. The maximum Gasteiger partial charge on any atom is 0.409 e. The number of nitrogens with zero attached hydrogens (tertiary/aromatic N) is 5. The largest absolute Gasteiger partial charge is 0.453 e. The van der Waals surface area contributed by atoms with Gasteiger partial charge in [0.05, 0.1) is 24.2 Å². The molecule has 0 bridgehead atoms. The molecule has 1 atom stereocenters. The molecule has 10 heteroatoms. The number of methoxy groups -OCH3 is 1. The van der Waals surface area contributed by atoms with Crippen LogP contribution in [-0.2, 0) is 21.4 Å². The second-order valence-corrected chi connectivity index (χ2v) is 9.90. The third kappa shape index (κ3) is 4.84. The molecule has 0 spiro atoms. The lowest BCUT2D eigenvalue weighted by Crippen LogP contribution is -2.50. The molecule has 3 saturated heterocycles. The molecule has 3 aliphatic heterocycles. The molecule has 3 amide bonds. The molecule has 1 aromatic carbocycles. The summed E-state index contributed by atoms with van der Waals surface area (Å²) in [6, 6.07) is 6.37. The number of ether oxygens (including phenoxy) is 1. The molecule has 1 unspecified atom stereocenters. The summed E-state index contributed by atoms with van der Waals surface area (Å²) < 4.78 is 6.68. The standard InChI is InChI=1S/C25H34N6O4/c1-28-21-15-18(3-4-19(21)23(27-28)20-5-6-22(32)26-24(20)33)30-9-7-17(8-10-30)16-29-11-13-31(14-12-29)25(34)35-2/h3-4,15,17,20H,5-14,16H2,1-2H3,(H,26,32,33). The highest BCUT2D eigenvalue weighted by atomic mass is 16.5. The van der Waals surface area contributed by atoms with E-state index in [0.29, 0.717) is 18.8 Å². The number of hydrogen-bond acceptors (Lipinski definition) is 7. The second-order valence-electron chi connectivity index (χ2n) is 9.90. The van der Waals surface area contributed by atoms with E-state index in [2.05, 4.69) is 38.4 Å². The zero-order chi connectivity index (χ0) is 24.5. The second kappa shape index (κ2) is 9.85. The monoisotopic (exact) mass is 482 g/mol. The molecule has 2 aromatic rings. The molecule has 5 rings (SSSR count). The lowest BCUT2D eigenvalue weighted by molar-refractivity contribution is -0.134. The van der Waals surface area contributed by atoms with Gasteiger partial charge in [0.25, 0.3) is 0 Å². The summed E-state index contributed by atoms with van der Waals surface area (Å²) in [5.74, 6) is -0.178. The van der Waals surface area contributed by atoms with Crippen LogP contribution < -0.4 is 10.2 Å². The first-order valence-electron chi connectivity index (χ1n) is 12.5. The average Bonchev–Trinajstić information content (AvgIpc) is 3.20. The molecule has 35 heavy (non-hydrogen) atoms. The Morgan fingerprint density at radius 1 is 1.09 bits per heavy atom. The van der Waals surface area contributed by atoms with Crippen LogP contribution in [0.15, 0.2) is 18.2 Å². The summed E-state index contributed by atoms with van der Waals surface area (Å²) in [4.78, 5) is 42.3. The molecule has 1 aromatic heterocycles. The van der Waals surface area contributed by atoms with Gasteiger partial charge in [-0.2, -0.15) is 5.10 Å². The number of rotatable bonds is 4. The van der Waals surface area contributed by atoms with Gasteiger partial charge < -0.3 is 14.5 Å². The van der Waals surface area contributed by atoms with Crippen molar-refractivity contribution < 1.29 is 19.1 Å². The summed E-state index contributed by atoms with van der Waals surface area (Å²) in [5.41, 5.74) is 2.94.